The van der Waals surface area contributed by atoms with E-state index in [1.807, 2.05) is 31.3 Å². The normalized spacial score (nSPS) is 13.4. The van der Waals surface area contributed by atoms with Crippen LogP contribution in [0.5, 0.6) is 0 Å². The smallest absolute Gasteiger partial charge is 0.118 e. The van der Waals surface area contributed by atoms with Crippen LogP contribution in [-0.4, -0.2) is 28.3 Å². The van der Waals surface area contributed by atoms with Crippen LogP contribution in [0.25, 0.3) is 39.1 Å². The fourth-order valence-electron chi connectivity index (χ4n) is 2.94. The minimum Gasteiger partial charge on any atom is -0.317 e. The molecule has 0 bridgehead atoms. The molecular weight excluding hydrogens is 320 g/mol. The Morgan fingerprint density at radius 3 is 2.58 bits per heavy atom. The van der Waals surface area contributed by atoms with Crippen LogP contribution in [0.3, 0.4) is 0 Å². The Hall–Kier alpha value is -2.98. The van der Waals surface area contributed by atoms with Gasteiger partial charge in [0, 0.05) is 11.6 Å². The lowest BCUT2D eigenvalue weighted by molar-refractivity contribution is 0.811. The Bertz CT molecular complexity index is 1060. The summed E-state index contributed by atoms with van der Waals surface area (Å²) in [4.78, 5) is 4.60. The highest BCUT2D eigenvalue weighted by atomic mass is 15.1. The van der Waals surface area contributed by atoms with Crippen LogP contribution in [0, 0.1) is 0 Å². The van der Waals surface area contributed by atoms with Crippen LogP contribution < -0.4 is 5.32 Å². The summed E-state index contributed by atoms with van der Waals surface area (Å²) in [6.07, 6.45) is 4.55. The maximum absolute atomic E-state index is 4.60. The van der Waals surface area contributed by atoms with Gasteiger partial charge in [-0.3, -0.25) is 5.10 Å². The lowest BCUT2D eigenvalue weighted by atomic mass is 10.0. The predicted octanol–water partition coefficient (Wildman–Crippen LogP) is 4.79. The minimum atomic E-state index is 0.853. The van der Waals surface area contributed by atoms with E-state index in [0.717, 1.165) is 34.0 Å². The molecule has 0 aliphatic heterocycles. The molecule has 2 N–H and O–H groups in total. The van der Waals surface area contributed by atoms with Crippen molar-refractivity contribution in [3.8, 4) is 11.3 Å². The molecule has 4 nitrogen and oxygen atoms in total. The van der Waals surface area contributed by atoms with Gasteiger partial charge in [0.15, 0.2) is 0 Å². The second-order valence-electron chi connectivity index (χ2n) is 6.53. The topological polar surface area (TPSA) is 53.6 Å². The van der Waals surface area contributed by atoms with Gasteiger partial charge in [0.05, 0.1) is 11.2 Å². The number of aromatic amines is 1. The highest BCUT2D eigenvalue weighted by Crippen LogP contribution is 2.28. The van der Waals surface area contributed by atoms with Gasteiger partial charge < -0.3 is 5.32 Å². The number of nitrogens with one attached hydrogen (secondary N) is 2. The standard InChI is InChI=1S/C18H13N3.C4H9N/c1-2-15-9-10-16-18(19-15)17(21-20-16)14-8-7-12-5-3-4-6-13(12)11-14;1-5-4-2-3-4/h2-11H,1H2,(H,20,21);4-5H,2-3H2,1H3. The highest BCUT2D eigenvalue weighted by molar-refractivity contribution is 5.94. The maximum atomic E-state index is 4.60. The summed E-state index contributed by atoms with van der Waals surface area (Å²) in [6, 6.07) is 19.4. The summed E-state index contributed by atoms with van der Waals surface area (Å²) in [5, 5.41) is 13.0. The van der Waals surface area contributed by atoms with Crippen LogP contribution >= 0.6 is 0 Å². The molecule has 1 fully saturated rings. The third-order valence-electron chi connectivity index (χ3n) is 4.65. The zero-order valence-corrected chi connectivity index (χ0v) is 14.9. The van der Waals surface area contributed by atoms with Gasteiger partial charge in [-0.05, 0) is 54.9 Å². The molecule has 0 atom stereocenters. The van der Waals surface area contributed by atoms with Gasteiger partial charge in [-0.25, -0.2) is 4.98 Å². The fourth-order valence-corrected chi connectivity index (χ4v) is 2.94. The molecule has 0 spiro atoms. The zero-order valence-electron chi connectivity index (χ0n) is 14.9. The van der Waals surface area contributed by atoms with Gasteiger partial charge in [-0.15, -0.1) is 0 Å². The summed E-state index contributed by atoms with van der Waals surface area (Å²) >= 11 is 0. The largest absolute Gasteiger partial charge is 0.317 e. The number of rotatable bonds is 3. The van der Waals surface area contributed by atoms with Crippen molar-refractivity contribution in [2.75, 3.05) is 7.05 Å². The first-order valence-electron chi connectivity index (χ1n) is 8.92. The molecule has 1 saturated carbocycles. The molecular formula is C22H22N4. The highest BCUT2D eigenvalue weighted by Gasteiger charge is 2.17. The number of pyridine rings is 1. The zero-order chi connectivity index (χ0) is 17.9. The van der Waals surface area contributed by atoms with E-state index in [0.29, 0.717) is 0 Å². The Morgan fingerprint density at radius 1 is 1.08 bits per heavy atom. The number of fused-ring (bicyclic) bond motifs is 2. The molecule has 2 aromatic heterocycles. The third kappa shape index (κ3) is 3.37. The Morgan fingerprint density at radius 2 is 1.88 bits per heavy atom. The van der Waals surface area contributed by atoms with E-state index in [-0.39, 0.29) is 0 Å². The van der Waals surface area contributed by atoms with Crippen molar-refractivity contribution in [3.05, 3.63) is 66.9 Å². The number of hydrogen-bond acceptors (Lipinski definition) is 3. The van der Waals surface area contributed by atoms with Crippen molar-refractivity contribution >= 4 is 27.9 Å². The van der Waals surface area contributed by atoms with Gasteiger partial charge in [0.1, 0.15) is 11.2 Å². The molecule has 26 heavy (non-hydrogen) atoms. The van der Waals surface area contributed by atoms with Crippen LogP contribution in [-0.2, 0) is 0 Å². The summed E-state index contributed by atoms with van der Waals surface area (Å²) in [7, 11) is 2.01. The SMILES string of the molecule is C=Cc1ccc2[nH]nc(-c3ccc4ccccc4c3)c2n1.CNC1CC1. The van der Waals surface area contributed by atoms with Crippen LogP contribution in [0.15, 0.2) is 61.2 Å². The average Bonchev–Trinajstić information content (AvgIpc) is 3.46. The molecule has 4 aromatic rings. The van der Waals surface area contributed by atoms with E-state index < -0.39 is 0 Å². The Labute approximate surface area is 153 Å². The molecule has 2 heterocycles. The fraction of sp³-hybridized carbons (Fsp3) is 0.182. The lowest BCUT2D eigenvalue weighted by Gasteiger charge is -2.02. The van der Waals surface area contributed by atoms with E-state index in [1.54, 1.807) is 6.08 Å². The van der Waals surface area contributed by atoms with E-state index in [9.17, 15) is 0 Å². The van der Waals surface area contributed by atoms with Crippen molar-refractivity contribution in [3.63, 3.8) is 0 Å². The Kier molecular flexibility index (Phi) is 4.50. The van der Waals surface area contributed by atoms with Crippen LogP contribution in [0.2, 0.25) is 0 Å². The average molecular weight is 342 g/mol. The maximum Gasteiger partial charge on any atom is 0.118 e. The molecule has 2 aromatic carbocycles. The monoisotopic (exact) mass is 342 g/mol. The first-order chi connectivity index (χ1) is 12.8. The van der Waals surface area contributed by atoms with Crippen LogP contribution in [0.4, 0.5) is 0 Å². The van der Waals surface area contributed by atoms with Crippen molar-refractivity contribution in [2.24, 2.45) is 0 Å². The molecule has 0 saturated heterocycles. The number of hydrogen-bond donors (Lipinski definition) is 2. The molecule has 0 radical (unpaired) electrons. The second kappa shape index (κ2) is 7.10. The summed E-state index contributed by atoms with van der Waals surface area (Å²) in [5.41, 5.74) is 4.60. The third-order valence-corrected chi connectivity index (χ3v) is 4.65. The number of benzene rings is 2. The predicted molar refractivity (Wildman–Crippen MR) is 109 cm³/mol. The minimum absolute atomic E-state index is 0.853. The summed E-state index contributed by atoms with van der Waals surface area (Å²) in [5.74, 6) is 0. The van der Waals surface area contributed by atoms with Crippen molar-refractivity contribution in [1.29, 1.82) is 0 Å². The quantitative estimate of drug-likeness (QED) is 0.563. The van der Waals surface area contributed by atoms with Gasteiger partial charge >= 0.3 is 0 Å². The van der Waals surface area contributed by atoms with Gasteiger partial charge in [-0.2, -0.15) is 5.10 Å². The van der Waals surface area contributed by atoms with Crippen molar-refractivity contribution < 1.29 is 0 Å². The number of aromatic nitrogens is 3. The van der Waals surface area contributed by atoms with E-state index in [1.165, 1.54) is 23.6 Å². The molecule has 130 valence electrons. The molecule has 5 rings (SSSR count). The van der Waals surface area contributed by atoms with Gasteiger partial charge in [0.2, 0.25) is 0 Å². The van der Waals surface area contributed by atoms with E-state index in [2.05, 4.69) is 57.4 Å². The first-order valence-corrected chi connectivity index (χ1v) is 8.92. The summed E-state index contributed by atoms with van der Waals surface area (Å²) < 4.78 is 0. The molecule has 0 unspecified atom stereocenters. The molecule has 0 amide bonds. The Balaban J connectivity index is 0.000000292. The van der Waals surface area contributed by atoms with Gasteiger partial charge in [-0.1, -0.05) is 43.0 Å². The second-order valence-corrected chi connectivity index (χ2v) is 6.53. The van der Waals surface area contributed by atoms with Crippen molar-refractivity contribution in [2.45, 2.75) is 18.9 Å². The van der Waals surface area contributed by atoms with Crippen molar-refractivity contribution in [1.82, 2.24) is 20.5 Å². The molecule has 1 aliphatic rings. The van der Waals surface area contributed by atoms with Gasteiger partial charge in [0.25, 0.3) is 0 Å². The van der Waals surface area contributed by atoms with Crippen LogP contribution in [0.1, 0.15) is 18.5 Å². The molecule has 4 heteroatoms. The summed E-state index contributed by atoms with van der Waals surface area (Å²) in [6.45, 7) is 3.77. The first kappa shape index (κ1) is 16.5. The van der Waals surface area contributed by atoms with E-state index >= 15 is 0 Å². The number of H-pyrrole nitrogens is 1. The number of nitrogens with zero attached hydrogens (tertiary/aromatic N) is 2. The van der Waals surface area contributed by atoms with E-state index in [4.69, 9.17) is 0 Å². The molecule has 1 aliphatic carbocycles. The lowest BCUT2D eigenvalue weighted by Crippen LogP contribution is -2.06.